The molecule has 138 valence electrons. The monoisotopic (exact) mass is 371 g/mol. The number of rotatable bonds is 2. The van der Waals surface area contributed by atoms with Crippen molar-refractivity contribution in [2.24, 2.45) is 0 Å². The van der Waals surface area contributed by atoms with E-state index in [9.17, 15) is 0 Å². The highest BCUT2D eigenvalue weighted by molar-refractivity contribution is 6.35. The predicted molar refractivity (Wildman–Crippen MR) is 109 cm³/mol. The zero-order valence-electron chi connectivity index (χ0n) is 15.4. The van der Waals surface area contributed by atoms with Crippen LogP contribution in [-0.4, -0.2) is 39.7 Å². The zero-order chi connectivity index (χ0) is 18.5. The molecule has 3 heterocycles. The Morgan fingerprint density at radius 2 is 1.92 bits per heavy atom. The Labute approximate surface area is 159 Å². The number of aryl methyl sites for hydroxylation is 1. The third kappa shape index (κ3) is 4.34. The van der Waals surface area contributed by atoms with E-state index >= 15 is 0 Å². The Balaban J connectivity index is 0.000000206. The average Bonchev–Trinajstić information content (AvgIpc) is 3.03. The van der Waals surface area contributed by atoms with Gasteiger partial charge < -0.3 is 15.6 Å². The fraction of sp³-hybridized carbons (Fsp3) is 0.400. The number of nitrogens with one attached hydrogen (secondary N) is 1. The molecule has 1 aliphatic rings. The van der Waals surface area contributed by atoms with Crippen LogP contribution < -0.4 is 5.73 Å². The van der Waals surface area contributed by atoms with Gasteiger partial charge >= 0.3 is 0 Å². The lowest BCUT2D eigenvalue weighted by Gasteiger charge is -2.24. The van der Waals surface area contributed by atoms with Crippen LogP contribution in [0.25, 0.3) is 22.2 Å². The van der Waals surface area contributed by atoms with Crippen LogP contribution in [0.4, 0.5) is 5.82 Å². The van der Waals surface area contributed by atoms with E-state index in [1.54, 1.807) is 6.20 Å². The van der Waals surface area contributed by atoms with Crippen LogP contribution in [0, 0.1) is 6.92 Å². The van der Waals surface area contributed by atoms with Crippen molar-refractivity contribution in [1.82, 2.24) is 20.1 Å². The standard InChI is InChI=1S/C13H11ClN4.C7H15N/c1-7-4-12(15)17-18-13(7)8-2-3-9-10(14)6-16-11(9)5-8;1-2-8-6-4-3-5-7-8/h2-6,16H,1H3,(H2,15,17);2-7H2,1H3. The molecule has 0 saturated carbocycles. The molecule has 5 nitrogen and oxygen atoms in total. The Morgan fingerprint density at radius 3 is 2.58 bits per heavy atom. The van der Waals surface area contributed by atoms with Gasteiger partial charge in [-0.1, -0.05) is 37.1 Å². The summed E-state index contributed by atoms with van der Waals surface area (Å²) in [6, 6.07) is 7.78. The number of H-pyrrole nitrogens is 1. The molecular weight excluding hydrogens is 346 g/mol. The molecule has 0 spiro atoms. The van der Waals surface area contributed by atoms with E-state index < -0.39 is 0 Å². The summed E-state index contributed by atoms with van der Waals surface area (Å²) in [5.41, 5.74) is 9.41. The fourth-order valence-corrected chi connectivity index (χ4v) is 3.52. The van der Waals surface area contributed by atoms with Crippen LogP contribution in [0.15, 0.2) is 30.5 Å². The van der Waals surface area contributed by atoms with E-state index in [0.29, 0.717) is 5.82 Å². The number of nitrogens with zero attached hydrogens (tertiary/aromatic N) is 3. The van der Waals surface area contributed by atoms with Crippen molar-refractivity contribution in [2.75, 3.05) is 25.4 Å². The number of halogens is 1. The fourth-order valence-electron chi connectivity index (χ4n) is 3.30. The van der Waals surface area contributed by atoms with Crippen LogP contribution in [0.5, 0.6) is 0 Å². The quantitative estimate of drug-likeness (QED) is 0.687. The summed E-state index contributed by atoms with van der Waals surface area (Å²) >= 11 is 6.05. The summed E-state index contributed by atoms with van der Waals surface area (Å²) in [7, 11) is 0. The van der Waals surface area contributed by atoms with E-state index in [0.717, 1.165) is 32.7 Å². The maximum absolute atomic E-state index is 6.05. The third-order valence-corrected chi connectivity index (χ3v) is 5.12. The molecule has 0 atom stereocenters. The first-order chi connectivity index (χ1) is 12.6. The van der Waals surface area contributed by atoms with Gasteiger partial charge in [-0.05, 0) is 57.1 Å². The summed E-state index contributed by atoms with van der Waals surface area (Å²) in [5, 5.41) is 9.75. The number of hydrogen-bond acceptors (Lipinski definition) is 4. The van der Waals surface area contributed by atoms with Crippen molar-refractivity contribution < 1.29 is 0 Å². The van der Waals surface area contributed by atoms with Crippen LogP contribution in [0.3, 0.4) is 0 Å². The summed E-state index contributed by atoms with van der Waals surface area (Å²) in [6.45, 7) is 8.14. The summed E-state index contributed by atoms with van der Waals surface area (Å²) < 4.78 is 0. The predicted octanol–water partition coefficient (Wildman–Crippen LogP) is 4.66. The Kier molecular flexibility index (Phi) is 6.12. The zero-order valence-corrected chi connectivity index (χ0v) is 16.2. The maximum Gasteiger partial charge on any atom is 0.146 e. The van der Waals surface area contributed by atoms with Gasteiger partial charge in [-0.25, -0.2) is 0 Å². The van der Waals surface area contributed by atoms with Crippen LogP contribution in [0.1, 0.15) is 31.7 Å². The Hall–Kier alpha value is -2.11. The third-order valence-electron chi connectivity index (χ3n) is 4.80. The molecule has 1 saturated heterocycles. The summed E-state index contributed by atoms with van der Waals surface area (Å²) in [5.74, 6) is 0.431. The van der Waals surface area contributed by atoms with Gasteiger partial charge in [-0.2, -0.15) is 0 Å². The second-order valence-electron chi connectivity index (χ2n) is 6.69. The number of aromatic nitrogens is 3. The SMILES string of the molecule is CCN1CCCCC1.Cc1cc(N)nnc1-c1ccc2c(Cl)c[nH]c2c1. The number of nitrogens with two attached hydrogens (primary N) is 1. The topological polar surface area (TPSA) is 70.8 Å². The lowest BCUT2D eigenvalue weighted by Crippen LogP contribution is -2.29. The van der Waals surface area contributed by atoms with Crippen molar-refractivity contribution in [3.63, 3.8) is 0 Å². The van der Waals surface area contributed by atoms with Crippen molar-refractivity contribution >= 4 is 28.3 Å². The first kappa shape index (κ1) is 18.7. The van der Waals surface area contributed by atoms with E-state index in [2.05, 4.69) is 27.0 Å². The molecule has 0 amide bonds. The molecule has 0 unspecified atom stereocenters. The first-order valence-electron chi connectivity index (χ1n) is 9.17. The van der Waals surface area contributed by atoms with Crippen molar-refractivity contribution in [2.45, 2.75) is 33.1 Å². The molecule has 2 aromatic heterocycles. The lowest BCUT2D eigenvalue weighted by atomic mass is 10.1. The van der Waals surface area contributed by atoms with Crippen molar-refractivity contribution in [3.05, 3.63) is 41.0 Å². The van der Waals surface area contributed by atoms with Gasteiger partial charge in [0.1, 0.15) is 5.82 Å². The number of anilines is 1. The molecule has 0 radical (unpaired) electrons. The van der Waals surface area contributed by atoms with E-state index in [4.69, 9.17) is 17.3 Å². The largest absolute Gasteiger partial charge is 0.382 e. The van der Waals surface area contributed by atoms with Crippen LogP contribution in [-0.2, 0) is 0 Å². The maximum atomic E-state index is 6.05. The number of likely N-dealkylation sites (tertiary alicyclic amines) is 1. The van der Waals surface area contributed by atoms with Gasteiger partial charge in [0.25, 0.3) is 0 Å². The van der Waals surface area contributed by atoms with Crippen LogP contribution >= 0.6 is 11.6 Å². The van der Waals surface area contributed by atoms with E-state index in [1.165, 1.54) is 38.9 Å². The lowest BCUT2D eigenvalue weighted by molar-refractivity contribution is 0.240. The van der Waals surface area contributed by atoms with Gasteiger partial charge in [-0.15, -0.1) is 10.2 Å². The van der Waals surface area contributed by atoms with E-state index in [1.807, 2.05) is 31.2 Å². The minimum atomic E-state index is 0.431. The highest BCUT2D eigenvalue weighted by atomic mass is 35.5. The minimum Gasteiger partial charge on any atom is -0.382 e. The highest BCUT2D eigenvalue weighted by Gasteiger charge is 2.08. The number of fused-ring (bicyclic) bond motifs is 1. The highest BCUT2D eigenvalue weighted by Crippen LogP contribution is 2.28. The van der Waals surface area contributed by atoms with Crippen molar-refractivity contribution in [1.29, 1.82) is 0 Å². The smallest absolute Gasteiger partial charge is 0.146 e. The van der Waals surface area contributed by atoms with Gasteiger partial charge in [0.05, 0.1) is 10.7 Å². The molecule has 1 aliphatic heterocycles. The molecule has 0 aliphatic carbocycles. The molecular formula is C20H26ClN5. The number of nitrogen functional groups attached to an aromatic ring is 1. The normalized spacial score (nSPS) is 14.9. The second-order valence-corrected chi connectivity index (χ2v) is 7.10. The molecule has 6 heteroatoms. The molecule has 1 fully saturated rings. The average molecular weight is 372 g/mol. The van der Waals surface area contributed by atoms with Gasteiger partial charge in [-0.3, -0.25) is 0 Å². The van der Waals surface area contributed by atoms with E-state index in [-0.39, 0.29) is 0 Å². The molecule has 3 N–H and O–H groups in total. The molecule has 26 heavy (non-hydrogen) atoms. The van der Waals surface area contributed by atoms with Crippen LogP contribution in [0.2, 0.25) is 5.02 Å². The minimum absolute atomic E-state index is 0.431. The number of aromatic amines is 1. The summed E-state index contributed by atoms with van der Waals surface area (Å²) in [6.07, 6.45) is 6.08. The van der Waals surface area contributed by atoms with Gasteiger partial charge in [0.2, 0.25) is 0 Å². The summed E-state index contributed by atoms with van der Waals surface area (Å²) in [4.78, 5) is 5.64. The molecule has 1 aromatic carbocycles. The van der Waals surface area contributed by atoms with Gasteiger partial charge in [0.15, 0.2) is 0 Å². The molecule has 0 bridgehead atoms. The molecule has 4 rings (SSSR count). The number of hydrogen-bond donors (Lipinski definition) is 2. The number of benzene rings is 1. The number of piperidine rings is 1. The van der Waals surface area contributed by atoms with Gasteiger partial charge in [0, 0.05) is 22.7 Å². The van der Waals surface area contributed by atoms with Crippen molar-refractivity contribution in [3.8, 4) is 11.3 Å². The molecule has 3 aromatic rings. The Morgan fingerprint density at radius 1 is 1.15 bits per heavy atom. The second kappa shape index (κ2) is 8.52. The Bertz CT molecular complexity index is 868. The first-order valence-corrected chi connectivity index (χ1v) is 9.55.